The van der Waals surface area contributed by atoms with E-state index in [1.54, 1.807) is 0 Å². The fourth-order valence-corrected chi connectivity index (χ4v) is 3.27. The lowest BCUT2D eigenvalue weighted by molar-refractivity contribution is -0.122. The summed E-state index contributed by atoms with van der Waals surface area (Å²) in [7, 11) is 0. The second-order valence-corrected chi connectivity index (χ2v) is 6.30. The van der Waals surface area contributed by atoms with Crippen LogP contribution in [-0.2, 0) is 11.3 Å². The minimum Gasteiger partial charge on any atom is -0.349 e. The monoisotopic (exact) mass is 325 g/mol. The zero-order chi connectivity index (χ0) is 15.8. The number of carbonyl (C=O) groups excluding carboxylic acids is 1. The molecule has 1 aliphatic rings. The molecule has 1 saturated carbocycles. The van der Waals surface area contributed by atoms with Gasteiger partial charge in [0.2, 0.25) is 5.91 Å². The van der Waals surface area contributed by atoms with Gasteiger partial charge in [-0.3, -0.25) is 4.79 Å². The Kier molecular flexibility index (Phi) is 3.54. The number of hydrogen-bond acceptors (Lipinski definition) is 2. The summed E-state index contributed by atoms with van der Waals surface area (Å²) < 4.78 is 0. The van der Waals surface area contributed by atoms with Gasteiger partial charge < -0.3 is 10.3 Å². The smallest absolute Gasteiger partial charge is 0.224 e. The van der Waals surface area contributed by atoms with Crippen molar-refractivity contribution in [3.05, 3.63) is 64.9 Å². The molecule has 116 valence electrons. The van der Waals surface area contributed by atoms with E-state index in [0.717, 1.165) is 33.9 Å². The first-order valence-corrected chi connectivity index (χ1v) is 8.06. The van der Waals surface area contributed by atoms with E-state index in [-0.39, 0.29) is 17.7 Å². The maximum absolute atomic E-state index is 12.3. The highest BCUT2D eigenvalue weighted by Crippen LogP contribution is 2.49. The summed E-state index contributed by atoms with van der Waals surface area (Å²) in [6.45, 7) is 0.416. The van der Waals surface area contributed by atoms with Crippen LogP contribution >= 0.6 is 11.6 Å². The van der Waals surface area contributed by atoms with Crippen molar-refractivity contribution in [1.29, 1.82) is 0 Å². The molecule has 0 saturated heterocycles. The van der Waals surface area contributed by atoms with E-state index in [2.05, 4.69) is 15.3 Å². The molecule has 1 heterocycles. The lowest BCUT2D eigenvalue weighted by Crippen LogP contribution is -2.25. The van der Waals surface area contributed by atoms with Crippen molar-refractivity contribution >= 4 is 28.5 Å². The Morgan fingerprint density at radius 2 is 2.00 bits per heavy atom. The second kappa shape index (κ2) is 5.70. The molecule has 2 N–H and O–H groups in total. The van der Waals surface area contributed by atoms with Crippen molar-refractivity contribution in [2.75, 3.05) is 0 Å². The Morgan fingerprint density at radius 1 is 1.22 bits per heavy atom. The molecule has 0 aliphatic heterocycles. The number of hydrogen-bond donors (Lipinski definition) is 2. The van der Waals surface area contributed by atoms with Gasteiger partial charge in [0.05, 0.1) is 17.6 Å². The number of amides is 1. The van der Waals surface area contributed by atoms with E-state index < -0.39 is 0 Å². The van der Waals surface area contributed by atoms with Gasteiger partial charge >= 0.3 is 0 Å². The molecular weight excluding hydrogens is 310 g/mol. The van der Waals surface area contributed by atoms with Crippen LogP contribution in [0.3, 0.4) is 0 Å². The fourth-order valence-electron chi connectivity index (χ4n) is 3.00. The van der Waals surface area contributed by atoms with Crippen LogP contribution in [-0.4, -0.2) is 15.9 Å². The zero-order valence-electron chi connectivity index (χ0n) is 12.4. The fraction of sp³-hybridized carbons (Fsp3) is 0.222. The molecule has 2 aromatic carbocycles. The van der Waals surface area contributed by atoms with Crippen LogP contribution in [0.4, 0.5) is 0 Å². The molecule has 3 aromatic rings. The SMILES string of the molecule is O=C(NCc1nc2ccccc2[nH]1)C1CC1c1ccccc1Cl. The summed E-state index contributed by atoms with van der Waals surface area (Å²) in [4.78, 5) is 20.0. The molecule has 5 heteroatoms. The van der Waals surface area contributed by atoms with Crippen molar-refractivity contribution in [2.24, 2.45) is 5.92 Å². The van der Waals surface area contributed by atoms with Crippen LogP contribution in [0.15, 0.2) is 48.5 Å². The molecule has 1 fully saturated rings. The average Bonchev–Trinajstić information content (AvgIpc) is 3.24. The Labute approximate surface area is 138 Å². The van der Waals surface area contributed by atoms with Crippen LogP contribution in [0.5, 0.6) is 0 Å². The van der Waals surface area contributed by atoms with E-state index in [1.807, 2.05) is 48.5 Å². The Bertz CT molecular complexity index is 840. The van der Waals surface area contributed by atoms with Crippen LogP contribution < -0.4 is 5.32 Å². The molecule has 0 bridgehead atoms. The van der Waals surface area contributed by atoms with Gasteiger partial charge in [0.25, 0.3) is 0 Å². The van der Waals surface area contributed by atoms with Gasteiger partial charge in [0, 0.05) is 10.9 Å². The van der Waals surface area contributed by atoms with Crippen molar-refractivity contribution in [3.63, 3.8) is 0 Å². The van der Waals surface area contributed by atoms with E-state index >= 15 is 0 Å². The number of nitrogens with one attached hydrogen (secondary N) is 2. The number of fused-ring (bicyclic) bond motifs is 1. The number of benzene rings is 2. The third kappa shape index (κ3) is 2.82. The van der Waals surface area contributed by atoms with E-state index in [0.29, 0.717) is 6.54 Å². The first-order chi connectivity index (χ1) is 11.2. The molecule has 1 aliphatic carbocycles. The minimum absolute atomic E-state index is 0.0132. The molecule has 1 amide bonds. The van der Waals surface area contributed by atoms with Gasteiger partial charge in [-0.2, -0.15) is 0 Å². The lowest BCUT2D eigenvalue weighted by Gasteiger charge is -2.04. The standard InChI is InChI=1S/C18H16ClN3O/c19-14-6-2-1-5-11(14)12-9-13(12)18(23)20-10-17-21-15-7-3-4-8-16(15)22-17/h1-8,12-13H,9-10H2,(H,20,23)(H,21,22). The van der Waals surface area contributed by atoms with Gasteiger partial charge in [0.1, 0.15) is 5.82 Å². The zero-order valence-corrected chi connectivity index (χ0v) is 13.2. The highest BCUT2D eigenvalue weighted by molar-refractivity contribution is 6.31. The summed E-state index contributed by atoms with van der Waals surface area (Å²) in [6, 6.07) is 15.6. The quantitative estimate of drug-likeness (QED) is 0.769. The first kappa shape index (κ1) is 14.3. The minimum atomic E-state index is 0.0132. The predicted molar refractivity (Wildman–Crippen MR) is 90.2 cm³/mol. The Morgan fingerprint density at radius 3 is 2.83 bits per heavy atom. The molecule has 2 unspecified atom stereocenters. The van der Waals surface area contributed by atoms with Gasteiger partial charge in [-0.15, -0.1) is 0 Å². The van der Waals surface area contributed by atoms with E-state index in [9.17, 15) is 4.79 Å². The summed E-state index contributed by atoms with van der Waals surface area (Å²) in [5.74, 6) is 1.09. The van der Waals surface area contributed by atoms with Crippen LogP contribution in [0, 0.1) is 5.92 Å². The summed E-state index contributed by atoms with van der Waals surface area (Å²) in [5.41, 5.74) is 2.97. The lowest BCUT2D eigenvalue weighted by atomic mass is 10.1. The highest BCUT2D eigenvalue weighted by atomic mass is 35.5. The average molecular weight is 326 g/mol. The van der Waals surface area contributed by atoms with Crippen molar-refractivity contribution in [1.82, 2.24) is 15.3 Å². The number of imidazole rings is 1. The molecule has 1 aromatic heterocycles. The molecule has 23 heavy (non-hydrogen) atoms. The number of halogens is 1. The molecule has 4 nitrogen and oxygen atoms in total. The van der Waals surface area contributed by atoms with E-state index in [4.69, 9.17) is 11.6 Å². The third-order valence-electron chi connectivity index (χ3n) is 4.30. The first-order valence-electron chi connectivity index (χ1n) is 7.68. The number of aromatic amines is 1. The number of aromatic nitrogens is 2. The van der Waals surface area contributed by atoms with Gasteiger partial charge in [-0.05, 0) is 36.1 Å². The topological polar surface area (TPSA) is 57.8 Å². The Hall–Kier alpha value is -2.33. The Balaban J connectivity index is 1.39. The maximum Gasteiger partial charge on any atom is 0.224 e. The normalized spacial score (nSPS) is 19.7. The second-order valence-electron chi connectivity index (χ2n) is 5.89. The van der Waals surface area contributed by atoms with Crippen LogP contribution in [0.2, 0.25) is 5.02 Å². The summed E-state index contributed by atoms with van der Waals surface area (Å²) >= 11 is 6.20. The summed E-state index contributed by atoms with van der Waals surface area (Å²) in [6.07, 6.45) is 0.857. The van der Waals surface area contributed by atoms with Gasteiger partial charge in [-0.25, -0.2) is 4.98 Å². The molecule has 0 radical (unpaired) electrons. The van der Waals surface area contributed by atoms with Crippen molar-refractivity contribution in [3.8, 4) is 0 Å². The third-order valence-corrected chi connectivity index (χ3v) is 4.64. The largest absolute Gasteiger partial charge is 0.349 e. The number of nitrogens with zero attached hydrogens (tertiary/aromatic N) is 1. The van der Waals surface area contributed by atoms with Crippen LogP contribution in [0.1, 0.15) is 23.7 Å². The van der Waals surface area contributed by atoms with Crippen LogP contribution in [0.25, 0.3) is 11.0 Å². The van der Waals surface area contributed by atoms with E-state index in [1.165, 1.54) is 0 Å². The van der Waals surface area contributed by atoms with Crippen molar-refractivity contribution < 1.29 is 4.79 Å². The number of rotatable bonds is 4. The number of carbonyl (C=O) groups is 1. The van der Waals surface area contributed by atoms with Gasteiger partial charge in [-0.1, -0.05) is 41.9 Å². The highest BCUT2D eigenvalue weighted by Gasteiger charge is 2.44. The van der Waals surface area contributed by atoms with Crippen molar-refractivity contribution in [2.45, 2.75) is 18.9 Å². The number of para-hydroxylation sites is 2. The molecule has 2 atom stereocenters. The predicted octanol–water partition coefficient (Wildman–Crippen LogP) is 3.64. The molecule has 4 rings (SSSR count). The molecular formula is C18H16ClN3O. The maximum atomic E-state index is 12.3. The van der Waals surface area contributed by atoms with Gasteiger partial charge in [0.15, 0.2) is 0 Å². The number of H-pyrrole nitrogens is 1. The molecule has 0 spiro atoms. The summed E-state index contributed by atoms with van der Waals surface area (Å²) in [5, 5.41) is 3.71.